The molecule has 0 bridgehead atoms. The number of hydrogen-bond donors (Lipinski definition) is 2. The molecule has 8 unspecified atom stereocenters. The van der Waals surface area contributed by atoms with Crippen molar-refractivity contribution in [3.8, 4) is 0 Å². The number of aliphatic hydroxyl groups is 2. The van der Waals surface area contributed by atoms with E-state index in [1.54, 1.807) is 0 Å². The highest BCUT2D eigenvalue weighted by Crippen LogP contribution is 2.89. The highest BCUT2D eigenvalue weighted by molar-refractivity contribution is 5.33. The molecule has 49 heavy (non-hydrogen) atoms. The number of fused-ring (bicyclic) bond motifs is 4. The van der Waals surface area contributed by atoms with Gasteiger partial charge in [0.2, 0.25) is 0 Å². The fraction of sp³-hybridized carbons (Fsp3) is 1.00. The van der Waals surface area contributed by atoms with Crippen molar-refractivity contribution in [2.75, 3.05) is 39.5 Å². The van der Waals surface area contributed by atoms with Crippen LogP contribution in [-0.4, -0.2) is 103 Å². The van der Waals surface area contributed by atoms with Crippen molar-refractivity contribution in [2.45, 2.75) is 168 Å². The number of hydrogen-bond acceptors (Lipinski definition) is 8. The lowest BCUT2D eigenvalue weighted by atomic mass is 9.41. The lowest BCUT2D eigenvalue weighted by Crippen LogP contribution is -2.60. The van der Waals surface area contributed by atoms with E-state index in [-0.39, 0.29) is 40.8 Å². The van der Waals surface area contributed by atoms with Crippen LogP contribution in [0.1, 0.15) is 120 Å². The Kier molecular flexibility index (Phi) is 8.81. The SMILES string of the molecule is CCOC(C1C[C@@H](C)[C@H]2C(O1)[C@H](O)[C@@]1(C)C3CC[C@H]4C(C)(C)C(O[C@H]5CN(C6CCOCC6)CCO5)CCC45CC35CCC21C)C(C)(C)O. The molecule has 3 saturated heterocycles. The van der Waals surface area contributed by atoms with Crippen LogP contribution in [0, 0.1) is 50.7 Å². The maximum atomic E-state index is 12.6. The Balaban J connectivity index is 1.01. The van der Waals surface area contributed by atoms with Gasteiger partial charge in [0.05, 0.1) is 36.6 Å². The summed E-state index contributed by atoms with van der Waals surface area (Å²) in [6, 6.07) is 0.591. The number of rotatable bonds is 7. The van der Waals surface area contributed by atoms with Gasteiger partial charge in [-0.1, -0.05) is 34.6 Å². The molecule has 0 radical (unpaired) electrons. The summed E-state index contributed by atoms with van der Waals surface area (Å²) in [6.45, 7) is 22.9. The average molecular weight is 688 g/mol. The summed E-state index contributed by atoms with van der Waals surface area (Å²) in [6.07, 6.45) is 10.3. The molecule has 2 spiro atoms. The van der Waals surface area contributed by atoms with Crippen molar-refractivity contribution >= 4 is 0 Å². The second-order valence-electron chi connectivity index (χ2n) is 19.8. The van der Waals surface area contributed by atoms with Gasteiger partial charge in [0.1, 0.15) is 6.10 Å². The van der Waals surface area contributed by atoms with Gasteiger partial charge >= 0.3 is 0 Å². The first kappa shape index (κ1) is 35.7. The van der Waals surface area contributed by atoms with E-state index in [1.807, 2.05) is 20.8 Å². The van der Waals surface area contributed by atoms with E-state index < -0.39 is 17.8 Å². The molecule has 8 rings (SSSR count). The zero-order chi connectivity index (χ0) is 34.8. The number of ether oxygens (including phenoxy) is 5. The van der Waals surface area contributed by atoms with Gasteiger partial charge in [0.25, 0.3) is 0 Å². The molecule has 14 atom stereocenters. The van der Waals surface area contributed by atoms with Crippen molar-refractivity contribution in [3.05, 3.63) is 0 Å². The van der Waals surface area contributed by atoms with Gasteiger partial charge in [-0.2, -0.15) is 0 Å². The smallest absolute Gasteiger partial charge is 0.170 e. The predicted octanol–water partition coefficient (Wildman–Crippen LogP) is 6.20. The van der Waals surface area contributed by atoms with Crippen molar-refractivity contribution in [3.63, 3.8) is 0 Å². The molecule has 5 aliphatic carbocycles. The summed E-state index contributed by atoms with van der Waals surface area (Å²) in [5.41, 5.74) is -0.441. The molecule has 0 amide bonds. The number of morpholine rings is 1. The first-order valence-corrected chi connectivity index (χ1v) is 20.4. The maximum Gasteiger partial charge on any atom is 0.170 e. The Morgan fingerprint density at radius 2 is 1.65 bits per heavy atom. The fourth-order valence-corrected chi connectivity index (χ4v) is 15.0. The molecule has 8 heteroatoms. The van der Waals surface area contributed by atoms with E-state index in [1.165, 1.54) is 38.5 Å². The van der Waals surface area contributed by atoms with E-state index >= 15 is 0 Å². The lowest BCUT2D eigenvalue weighted by molar-refractivity contribution is -0.252. The Labute approximate surface area is 296 Å². The van der Waals surface area contributed by atoms with Crippen LogP contribution in [-0.2, 0) is 23.7 Å². The van der Waals surface area contributed by atoms with Crippen LogP contribution in [0.25, 0.3) is 0 Å². The lowest BCUT2D eigenvalue weighted by Gasteiger charge is -2.64. The Bertz CT molecular complexity index is 1230. The van der Waals surface area contributed by atoms with Crippen molar-refractivity contribution in [1.29, 1.82) is 0 Å². The Morgan fingerprint density at radius 1 is 0.939 bits per heavy atom. The van der Waals surface area contributed by atoms with Crippen molar-refractivity contribution < 1.29 is 33.9 Å². The third kappa shape index (κ3) is 5.03. The van der Waals surface area contributed by atoms with Crippen LogP contribution in [0.15, 0.2) is 0 Å². The topological polar surface area (TPSA) is 89.9 Å². The highest BCUT2D eigenvalue weighted by Gasteiger charge is 2.84. The first-order chi connectivity index (χ1) is 23.1. The molecule has 0 aromatic rings. The number of nitrogens with zero attached hydrogens (tertiary/aromatic N) is 1. The molecule has 8 aliphatic rings. The zero-order valence-electron chi connectivity index (χ0n) is 32.0. The second-order valence-corrected chi connectivity index (χ2v) is 19.8. The maximum absolute atomic E-state index is 12.6. The minimum atomic E-state index is -1.01. The normalized spacial score (nSPS) is 51.9. The molecular weight excluding hydrogens is 618 g/mol. The van der Waals surface area contributed by atoms with E-state index in [9.17, 15) is 10.2 Å². The van der Waals surface area contributed by atoms with Gasteiger partial charge in [0.15, 0.2) is 6.29 Å². The summed E-state index contributed by atoms with van der Waals surface area (Å²) < 4.78 is 32.1. The van der Waals surface area contributed by atoms with Crippen molar-refractivity contribution in [2.24, 2.45) is 50.7 Å². The minimum Gasteiger partial charge on any atom is -0.390 e. The van der Waals surface area contributed by atoms with Gasteiger partial charge in [-0.15, -0.1) is 0 Å². The van der Waals surface area contributed by atoms with Gasteiger partial charge in [-0.3, -0.25) is 4.90 Å². The van der Waals surface area contributed by atoms with Gasteiger partial charge in [-0.25, -0.2) is 0 Å². The van der Waals surface area contributed by atoms with Gasteiger partial charge in [0, 0.05) is 44.4 Å². The van der Waals surface area contributed by atoms with Crippen LogP contribution in [0.3, 0.4) is 0 Å². The predicted molar refractivity (Wildman–Crippen MR) is 188 cm³/mol. The molecule has 8 nitrogen and oxygen atoms in total. The van der Waals surface area contributed by atoms with Gasteiger partial charge in [-0.05, 0) is 130 Å². The average Bonchev–Trinajstić information content (AvgIpc) is 3.69. The fourth-order valence-electron chi connectivity index (χ4n) is 15.0. The van der Waals surface area contributed by atoms with Crippen LogP contribution in [0.2, 0.25) is 0 Å². The molecule has 280 valence electrons. The van der Waals surface area contributed by atoms with E-state index in [0.717, 1.165) is 58.6 Å². The monoisotopic (exact) mass is 688 g/mol. The standard InChI is InChI=1S/C41H69NO7/c1-9-46-35(37(5,6)44)27-22-25(2)32-33(48-27)34(43)39(8)29-11-10-28-36(3,4)30(12-15-40(28)24-41(29,40)17-16-38(32,39)7)49-31-23-42(18-21-47-31)26-13-19-45-20-14-26/h25-35,43-44H,9-24H2,1-8H3/t25-,27?,28+,29?,30?,31+,32+,33?,34+,35?,38?,39-,40?,41?/m1/s1. The third-order valence-corrected chi connectivity index (χ3v) is 17.2. The third-order valence-electron chi connectivity index (χ3n) is 17.2. The largest absolute Gasteiger partial charge is 0.390 e. The van der Waals surface area contributed by atoms with E-state index in [0.29, 0.717) is 47.2 Å². The highest BCUT2D eigenvalue weighted by atomic mass is 16.7. The van der Waals surface area contributed by atoms with Crippen LogP contribution in [0.5, 0.6) is 0 Å². The summed E-state index contributed by atoms with van der Waals surface area (Å²) in [5.74, 6) is 1.85. The van der Waals surface area contributed by atoms with Gasteiger partial charge < -0.3 is 33.9 Å². The molecule has 5 saturated carbocycles. The van der Waals surface area contributed by atoms with E-state index in [4.69, 9.17) is 23.7 Å². The summed E-state index contributed by atoms with van der Waals surface area (Å²) in [4.78, 5) is 2.60. The quantitative estimate of drug-likeness (QED) is 0.327. The zero-order valence-corrected chi connectivity index (χ0v) is 32.0. The molecule has 3 aliphatic heterocycles. The Morgan fingerprint density at radius 3 is 2.37 bits per heavy atom. The summed E-state index contributed by atoms with van der Waals surface area (Å²) in [7, 11) is 0. The summed E-state index contributed by atoms with van der Waals surface area (Å²) in [5, 5.41) is 23.7. The van der Waals surface area contributed by atoms with Crippen LogP contribution >= 0.6 is 0 Å². The molecule has 8 fully saturated rings. The van der Waals surface area contributed by atoms with E-state index in [2.05, 4.69) is 39.5 Å². The van der Waals surface area contributed by atoms with Crippen molar-refractivity contribution in [1.82, 2.24) is 4.90 Å². The molecule has 2 N–H and O–H groups in total. The molecule has 0 aromatic carbocycles. The number of aliphatic hydroxyl groups excluding tert-OH is 1. The molecular formula is C41H69NO7. The summed E-state index contributed by atoms with van der Waals surface area (Å²) >= 11 is 0. The first-order valence-electron chi connectivity index (χ1n) is 20.4. The van der Waals surface area contributed by atoms with Crippen LogP contribution < -0.4 is 0 Å². The second kappa shape index (κ2) is 12.1. The minimum absolute atomic E-state index is 0.0222. The van der Waals surface area contributed by atoms with Crippen LogP contribution in [0.4, 0.5) is 0 Å². The molecule has 0 aromatic heterocycles. The Hall–Kier alpha value is -0.320. The molecule has 3 heterocycles.